The molecule has 1 atom stereocenters. The largest absolute Gasteiger partial charge is 0.378 e. The summed E-state index contributed by atoms with van der Waals surface area (Å²) >= 11 is 2.27. The van der Waals surface area contributed by atoms with Gasteiger partial charge < -0.3 is 14.8 Å². The fraction of sp³-hybridized carbons (Fsp3) is 0.714. The highest BCUT2D eigenvalue weighted by molar-refractivity contribution is 14.1. The Hall–Kier alpha value is -0.470. The number of aromatic nitrogens is 2. The van der Waals surface area contributed by atoms with Crippen LogP contribution in [0.5, 0.6) is 0 Å². The number of nitrogens with one attached hydrogen (secondary N) is 1. The molecule has 0 saturated carbocycles. The number of nitrogens with zero attached hydrogens (tertiary/aromatic N) is 2. The minimum Gasteiger partial charge on any atom is -0.378 e. The zero-order valence-corrected chi connectivity index (χ0v) is 15.0. The average Bonchev–Trinajstić information content (AvgIpc) is 2.41. The first-order valence-corrected chi connectivity index (χ1v) is 7.94. The third-order valence-electron chi connectivity index (χ3n) is 2.87. The molecule has 0 saturated heterocycles. The Morgan fingerprint density at radius 2 is 1.95 bits per heavy atom. The predicted octanol–water partition coefficient (Wildman–Crippen LogP) is 3.39. The molecule has 0 aliphatic rings. The molecule has 114 valence electrons. The highest BCUT2D eigenvalue weighted by Crippen LogP contribution is 2.27. The van der Waals surface area contributed by atoms with Crippen LogP contribution in [0.15, 0.2) is 0 Å². The van der Waals surface area contributed by atoms with Gasteiger partial charge >= 0.3 is 0 Å². The van der Waals surface area contributed by atoms with Gasteiger partial charge in [-0.25, -0.2) is 9.97 Å². The van der Waals surface area contributed by atoms with E-state index < -0.39 is 0 Å². The maximum atomic E-state index is 5.53. The molecule has 0 aromatic carbocycles. The smallest absolute Gasteiger partial charge is 0.160 e. The highest BCUT2D eigenvalue weighted by atomic mass is 127. The summed E-state index contributed by atoms with van der Waals surface area (Å²) in [4.78, 5) is 9.25. The summed E-state index contributed by atoms with van der Waals surface area (Å²) < 4.78 is 11.8. The van der Waals surface area contributed by atoms with Crippen LogP contribution in [-0.2, 0) is 16.1 Å². The Kier molecular flexibility index (Phi) is 7.68. The summed E-state index contributed by atoms with van der Waals surface area (Å²) in [7, 11) is 3.37. The second-order valence-corrected chi connectivity index (χ2v) is 6.03. The summed E-state index contributed by atoms with van der Waals surface area (Å²) in [6.45, 7) is 7.70. The van der Waals surface area contributed by atoms with Crippen molar-refractivity contribution in [2.24, 2.45) is 5.92 Å². The van der Waals surface area contributed by atoms with Gasteiger partial charge in [-0.2, -0.15) is 0 Å². The van der Waals surface area contributed by atoms with Crippen LogP contribution in [0.3, 0.4) is 0 Å². The van der Waals surface area contributed by atoms with Gasteiger partial charge in [-0.15, -0.1) is 0 Å². The van der Waals surface area contributed by atoms with E-state index >= 15 is 0 Å². The van der Waals surface area contributed by atoms with Crippen molar-refractivity contribution in [3.8, 4) is 0 Å². The van der Waals surface area contributed by atoms with Gasteiger partial charge in [-0.05, 0) is 34.9 Å². The van der Waals surface area contributed by atoms with Crippen LogP contribution in [0.1, 0.15) is 44.8 Å². The molecule has 0 radical (unpaired) electrons. The molecular weight excluding hydrogens is 369 g/mol. The normalized spacial score (nSPS) is 12.8. The standard InChI is InChI=1S/C14H24IN3O2/c1-6-7-16-13-11(15)10(8-19-4)17-14(18-13)12(20-5)9(2)3/h9,12H,6-8H2,1-5H3,(H,16,17,18). The SMILES string of the molecule is CCCNc1nc(C(OC)C(C)C)nc(COC)c1I. The van der Waals surface area contributed by atoms with Crippen LogP contribution in [0.25, 0.3) is 0 Å². The van der Waals surface area contributed by atoms with Crippen LogP contribution < -0.4 is 5.32 Å². The van der Waals surface area contributed by atoms with E-state index in [1.165, 1.54) is 0 Å². The van der Waals surface area contributed by atoms with Gasteiger partial charge in [0.25, 0.3) is 0 Å². The van der Waals surface area contributed by atoms with Gasteiger partial charge in [-0.3, -0.25) is 0 Å². The maximum Gasteiger partial charge on any atom is 0.160 e. The van der Waals surface area contributed by atoms with Gasteiger partial charge in [0.1, 0.15) is 11.9 Å². The van der Waals surface area contributed by atoms with Crippen molar-refractivity contribution in [3.63, 3.8) is 0 Å². The fourth-order valence-electron chi connectivity index (χ4n) is 1.91. The molecule has 0 aliphatic carbocycles. The molecule has 0 spiro atoms. The van der Waals surface area contributed by atoms with E-state index in [4.69, 9.17) is 9.47 Å². The summed E-state index contributed by atoms with van der Waals surface area (Å²) in [5.41, 5.74) is 0.902. The highest BCUT2D eigenvalue weighted by Gasteiger charge is 2.21. The first kappa shape index (κ1) is 17.6. The first-order chi connectivity index (χ1) is 9.54. The number of ether oxygens (including phenoxy) is 2. The Balaban J connectivity index is 3.19. The molecule has 1 unspecified atom stereocenters. The molecule has 1 aromatic rings. The lowest BCUT2D eigenvalue weighted by Crippen LogP contribution is -2.17. The van der Waals surface area contributed by atoms with Gasteiger partial charge in [0, 0.05) is 20.8 Å². The second kappa shape index (κ2) is 8.74. The van der Waals surface area contributed by atoms with Gasteiger partial charge in [0.15, 0.2) is 5.82 Å². The Labute approximate surface area is 135 Å². The Bertz CT molecular complexity index is 427. The minimum absolute atomic E-state index is 0.107. The molecule has 6 heteroatoms. The van der Waals surface area contributed by atoms with Crippen LogP contribution in [-0.4, -0.2) is 30.7 Å². The first-order valence-electron chi connectivity index (χ1n) is 6.87. The number of methoxy groups -OCH3 is 2. The van der Waals surface area contributed by atoms with Gasteiger partial charge in [0.05, 0.1) is 15.9 Å². The molecule has 1 heterocycles. The van der Waals surface area contributed by atoms with Crippen molar-refractivity contribution in [3.05, 3.63) is 15.1 Å². The topological polar surface area (TPSA) is 56.3 Å². The maximum absolute atomic E-state index is 5.53. The molecule has 0 bridgehead atoms. The van der Waals surface area contributed by atoms with Crippen molar-refractivity contribution in [2.75, 3.05) is 26.1 Å². The van der Waals surface area contributed by atoms with Gasteiger partial charge in [0.2, 0.25) is 0 Å². The number of halogens is 1. The van der Waals surface area contributed by atoms with E-state index in [0.717, 1.165) is 28.0 Å². The zero-order chi connectivity index (χ0) is 15.1. The van der Waals surface area contributed by atoms with Gasteiger partial charge in [-0.1, -0.05) is 20.8 Å². The summed E-state index contributed by atoms with van der Waals surface area (Å²) in [5.74, 6) is 1.90. The number of anilines is 1. The van der Waals surface area contributed by atoms with Crippen LogP contribution >= 0.6 is 22.6 Å². The van der Waals surface area contributed by atoms with Crippen LogP contribution in [0.4, 0.5) is 5.82 Å². The third-order valence-corrected chi connectivity index (χ3v) is 4.01. The van der Waals surface area contributed by atoms with E-state index in [-0.39, 0.29) is 6.10 Å². The fourth-order valence-corrected chi connectivity index (χ4v) is 2.50. The van der Waals surface area contributed by atoms with E-state index in [1.807, 2.05) is 0 Å². The van der Waals surface area contributed by atoms with Crippen molar-refractivity contribution in [1.29, 1.82) is 0 Å². The quantitative estimate of drug-likeness (QED) is 0.687. The van der Waals surface area contributed by atoms with Crippen LogP contribution in [0.2, 0.25) is 0 Å². The molecule has 20 heavy (non-hydrogen) atoms. The van der Waals surface area contributed by atoms with Crippen molar-refractivity contribution >= 4 is 28.4 Å². The molecule has 1 aromatic heterocycles. The summed E-state index contributed by atoms with van der Waals surface area (Å²) in [5, 5.41) is 3.35. The van der Waals surface area contributed by atoms with E-state index in [1.54, 1.807) is 14.2 Å². The summed E-state index contributed by atoms with van der Waals surface area (Å²) in [6.07, 6.45) is 0.942. The van der Waals surface area contributed by atoms with Crippen molar-refractivity contribution in [2.45, 2.75) is 39.9 Å². The lowest BCUT2D eigenvalue weighted by molar-refractivity contribution is 0.0569. The molecule has 0 fully saturated rings. The minimum atomic E-state index is -0.107. The number of hydrogen-bond acceptors (Lipinski definition) is 5. The number of rotatable bonds is 8. The molecule has 0 aliphatic heterocycles. The second-order valence-electron chi connectivity index (χ2n) is 4.95. The zero-order valence-electron chi connectivity index (χ0n) is 12.9. The van der Waals surface area contributed by atoms with E-state index in [9.17, 15) is 0 Å². The monoisotopic (exact) mass is 393 g/mol. The van der Waals surface area contributed by atoms with Crippen molar-refractivity contribution in [1.82, 2.24) is 9.97 Å². The average molecular weight is 393 g/mol. The Morgan fingerprint density at radius 3 is 2.45 bits per heavy atom. The number of hydrogen-bond donors (Lipinski definition) is 1. The summed E-state index contributed by atoms with van der Waals surface area (Å²) in [6, 6.07) is 0. The predicted molar refractivity (Wildman–Crippen MR) is 88.8 cm³/mol. The lowest BCUT2D eigenvalue weighted by Gasteiger charge is -2.20. The Morgan fingerprint density at radius 1 is 1.25 bits per heavy atom. The van der Waals surface area contributed by atoms with Crippen LogP contribution in [0, 0.1) is 9.49 Å². The van der Waals surface area contributed by atoms with E-state index in [2.05, 4.69) is 58.6 Å². The third kappa shape index (κ3) is 4.53. The lowest BCUT2D eigenvalue weighted by atomic mass is 10.1. The molecular formula is C14H24IN3O2. The van der Waals surface area contributed by atoms with E-state index in [0.29, 0.717) is 18.3 Å². The molecule has 1 N–H and O–H groups in total. The van der Waals surface area contributed by atoms with Crippen molar-refractivity contribution < 1.29 is 9.47 Å². The molecule has 1 rings (SSSR count). The molecule has 5 nitrogen and oxygen atoms in total. The molecule has 0 amide bonds.